The van der Waals surface area contributed by atoms with Crippen LogP contribution >= 0.6 is 0 Å². The van der Waals surface area contributed by atoms with E-state index in [4.69, 9.17) is 14.0 Å². The van der Waals surface area contributed by atoms with Gasteiger partial charge < -0.3 is 19.3 Å². The van der Waals surface area contributed by atoms with Gasteiger partial charge in [0, 0.05) is 6.07 Å². The Labute approximate surface area is 212 Å². The maximum Gasteiger partial charge on any atom is 0.270 e. The largest absolute Gasteiger partial charge is 0.494 e. The summed E-state index contributed by atoms with van der Waals surface area (Å²) in [6.45, 7) is 11.2. The van der Waals surface area contributed by atoms with Crippen molar-refractivity contribution < 1.29 is 27.2 Å². The van der Waals surface area contributed by atoms with Gasteiger partial charge in [0.2, 0.25) is 5.91 Å². The van der Waals surface area contributed by atoms with Crippen LogP contribution in [0.1, 0.15) is 50.6 Å². The number of carbonyl (C=O) groups excluding carboxylic acids is 1. The predicted octanol–water partition coefficient (Wildman–Crippen LogP) is 5.05. The fourth-order valence-electron chi connectivity index (χ4n) is 3.76. The van der Waals surface area contributed by atoms with Crippen LogP contribution in [0.5, 0.6) is 11.5 Å². The van der Waals surface area contributed by atoms with Crippen molar-refractivity contribution in [1.82, 2.24) is 5.16 Å². The molecule has 36 heavy (non-hydrogen) atoms. The zero-order valence-corrected chi connectivity index (χ0v) is 22.3. The lowest BCUT2D eigenvalue weighted by Gasteiger charge is -2.24. The van der Waals surface area contributed by atoms with Crippen LogP contribution in [0.3, 0.4) is 0 Å². The van der Waals surface area contributed by atoms with Crippen LogP contribution in [0.4, 0.5) is 11.4 Å². The highest BCUT2D eigenvalue weighted by Crippen LogP contribution is 2.31. The summed E-state index contributed by atoms with van der Waals surface area (Å²) in [6.07, 6.45) is 0. The molecule has 3 aromatic rings. The van der Waals surface area contributed by atoms with Crippen molar-refractivity contribution in [2.24, 2.45) is 0 Å². The number of hydrogen-bond donors (Lipinski definition) is 1. The van der Waals surface area contributed by atoms with E-state index in [1.165, 1.54) is 6.92 Å². The van der Waals surface area contributed by atoms with Gasteiger partial charge in [-0.2, -0.15) is 0 Å². The predicted molar refractivity (Wildman–Crippen MR) is 138 cm³/mol. The van der Waals surface area contributed by atoms with Crippen molar-refractivity contribution in [3.05, 3.63) is 59.5 Å². The van der Waals surface area contributed by atoms with Crippen LogP contribution in [0, 0.1) is 13.8 Å². The van der Waals surface area contributed by atoms with Crippen LogP contribution in [0.2, 0.25) is 0 Å². The average Bonchev–Trinajstić information content (AvgIpc) is 3.18. The van der Waals surface area contributed by atoms with E-state index in [2.05, 4.69) is 10.5 Å². The van der Waals surface area contributed by atoms with E-state index in [0.717, 1.165) is 9.87 Å². The summed E-state index contributed by atoms with van der Waals surface area (Å²) in [5, 5.41) is 6.57. The Balaban J connectivity index is 1.99. The van der Waals surface area contributed by atoms with Gasteiger partial charge in [-0.05, 0) is 63.4 Å². The van der Waals surface area contributed by atoms with Crippen molar-refractivity contribution in [3.63, 3.8) is 0 Å². The fourth-order valence-corrected chi connectivity index (χ4v) is 5.48. The van der Waals surface area contributed by atoms with Crippen molar-refractivity contribution in [2.45, 2.75) is 52.4 Å². The minimum absolute atomic E-state index is 0.0587. The summed E-state index contributed by atoms with van der Waals surface area (Å²) in [7, 11) is -4.17. The molecule has 1 aromatic heterocycles. The molecule has 0 atom stereocenters. The molecule has 2 aromatic carbocycles. The van der Waals surface area contributed by atoms with Gasteiger partial charge in [0.25, 0.3) is 10.0 Å². The third kappa shape index (κ3) is 5.99. The molecular formula is C26H33N3O6S. The highest BCUT2D eigenvalue weighted by atomic mass is 32.2. The first-order chi connectivity index (χ1) is 17.1. The maximum atomic E-state index is 13.8. The average molecular weight is 516 g/mol. The zero-order chi connectivity index (χ0) is 26.5. The number of hydrogen-bond acceptors (Lipinski definition) is 7. The molecule has 0 unspecified atom stereocenters. The third-order valence-corrected chi connectivity index (χ3v) is 7.51. The molecule has 9 nitrogen and oxygen atoms in total. The van der Waals surface area contributed by atoms with Gasteiger partial charge in [-0.1, -0.05) is 31.1 Å². The highest BCUT2D eigenvalue weighted by Gasteiger charge is 2.33. The van der Waals surface area contributed by atoms with Gasteiger partial charge in [0.15, 0.2) is 10.7 Å². The van der Waals surface area contributed by atoms with E-state index in [1.807, 2.05) is 39.8 Å². The summed E-state index contributed by atoms with van der Waals surface area (Å²) in [5.41, 5.74) is 2.01. The molecule has 1 heterocycles. The minimum atomic E-state index is -4.17. The Bertz CT molecular complexity index is 1280. The molecule has 10 heteroatoms. The number of benzene rings is 2. The number of carbonyl (C=O) groups is 1. The fraction of sp³-hybridized carbons (Fsp3) is 0.385. The summed E-state index contributed by atoms with van der Waals surface area (Å²) < 4.78 is 44.8. The number of rotatable bonds is 11. The van der Waals surface area contributed by atoms with Crippen LogP contribution in [0.15, 0.2) is 51.9 Å². The molecule has 0 aliphatic rings. The van der Waals surface area contributed by atoms with Gasteiger partial charge in [0.05, 0.1) is 24.6 Å². The molecule has 1 amide bonds. The molecule has 194 valence electrons. The van der Waals surface area contributed by atoms with Crippen molar-refractivity contribution in [3.8, 4) is 11.5 Å². The number of anilines is 2. The monoisotopic (exact) mass is 515 g/mol. The summed E-state index contributed by atoms with van der Waals surface area (Å²) in [5.74, 6) is 0.883. The lowest BCUT2D eigenvalue weighted by molar-refractivity contribution is -0.114. The first kappa shape index (κ1) is 27.1. The van der Waals surface area contributed by atoms with Crippen LogP contribution < -0.4 is 19.1 Å². The summed E-state index contributed by atoms with van der Waals surface area (Å²) in [4.78, 5) is 13.2. The zero-order valence-electron chi connectivity index (χ0n) is 21.5. The lowest BCUT2D eigenvalue weighted by atomic mass is 10.0. The SMILES string of the molecule is CCOc1ccc(OCC)c(NC(=O)CN(c2ccc(C(C)C)cc2)S(=O)(=O)c2c(C)noc2C)c1. The molecule has 0 fully saturated rings. The number of sulfonamides is 1. The highest BCUT2D eigenvalue weighted by molar-refractivity contribution is 7.93. The van der Waals surface area contributed by atoms with Crippen molar-refractivity contribution in [1.29, 1.82) is 0 Å². The number of nitrogens with zero attached hydrogens (tertiary/aromatic N) is 2. The second kappa shape index (κ2) is 11.5. The first-order valence-corrected chi connectivity index (χ1v) is 13.3. The number of nitrogens with one attached hydrogen (secondary N) is 1. The Morgan fingerprint density at radius 2 is 1.72 bits per heavy atom. The Hall–Kier alpha value is -3.53. The van der Waals surface area contributed by atoms with Crippen molar-refractivity contribution >= 4 is 27.3 Å². The van der Waals surface area contributed by atoms with E-state index in [1.54, 1.807) is 37.3 Å². The minimum Gasteiger partial charge on any atom is -0.494 e. The number of aromatic nitrogens is 1. The summed E-state index contributed by atoms with van der Waals surface area (Å²) in [6, 6.07) is 12.2. The van der Waals surface area contributed by atoms with Crippen LogP contribution in [0.25, 0.3) is 0 Å². The maximum absolute atomic E-state index is 13.8. The molecule has 0 radical (unpaired) electrons. The topological polar surface area (TPSA) is 111 Å². The molecule has 0 spiro atoms. The molecule has 0 aliphatic heterocycles. The second-order valence-electron chi connectivity index (χ2n) is 8.48. The molecule has 0 aliphatic carbocycles. The lowest BCUT2D eigenvalue weighted by Crippen LogP contribution is -2.38. The van der Waals surface area contributed by atoms with Crippen molar-refractivity contribution in [2.75, 3.05) is 29.4 Å². The van der Waals surface area contributed by atoms with Gasteiger partial charge in [0.1, 0.15) is 23.7 Å². The smallest absolute Gasteiger partial charge is 0.270 e. The molecule has 0 saturated carbocycles. The quantitative estimate of drug-likeness (QED) is 0.381. The molecule has 0 bridgehead atoms. The molecule has 1 N–H and O–H groups in total. The Morgan fingerprint density at radius 1 is 1.06 bits per heavy atom. The Kier molecular flexibility index (Phi) is 8.62. The third-order valence-electron chi connectivity index (χ3n) is 5.49. The van der Waals surface area contributed by atoms with Gasteiger partial charge in [-0.15, -0.1) is 0 Å². The molecular weight excluding hydrogens is 482 g/mol. The number of aryl methyl sites for hydroxylation is 2. The van der Waals surface area contributed by atoms with E-state index >= 15 is 0 Å². The van der Waals surface area contributed by atoms with E-state index < -0.39 is 22.5 Å². The van der Waals surface area contributed by atoms with Crippen LogP contribution in [-0.4, -0.2) is 39.2 Å². The standard InChI is InChI=1S/C26H33N3O6S/c1-7-33-22-13-14-24(34-8-2)23(15-22)27-25(30)16-29(21-11-9-20(10-12-21)17(3)4)36(31,32)26-18(5)28-35-19(26)6/h9-15,17H,7-8,16H2,1-6H3,(H,27,30). The number of amides is 1. The van der Waals surface area contributed by atoms with Gasteiger partial charge >= 0.3 is 0 Å². The van der Waals surface area contributed by atoms with E-state index in [-0.39, 0.29) is 22.3 Å². The van der Waals surface area contributed by atoms with E-state index in [0.29, 0.717) is 36.1 Å². The molecule has 3 rings (SSSR count). The second-order valence-corrected chi connectivity index (χ2v) is 10.3. The first-order valence-electron chi connectivity index (χ1n) is 11.8. The molecule has 0 saturated heterocycles. The number of ether oxygens (including phenoxy) is 2. The van der Waals surface area contributed by atoms with Crippen LogP contribution in [-0.2, 0) is 14.8 Å². The Morgan fingerprint density at radius 3 is 2.28 bits per heavy atom. The van der Waals surface area contributed by atoms with Gasteiger partial charge in [-0.3, -0.25) is 9.10 Å². The normalized spacial score (nSPS) is 11.4. The van der Waals surface area contributed by atoms with E-state index in [9.17, 15) is 13.2 Å². The summed E-state index contributed by atoms with van der Waals surface area (Å²) >= 11 is 0. The van der Waals surface area contributed by atoms with Gasteiger partial charge in [-0.25, -0.2) is 8.42 Å².